The van der Waals surface area contributed by atoms with Crippen LogP contribution < -0.4 is 4.90 Å². The number of nitrogens with zero attached hydrogens (tertiary/aromatic N) is 5. The first-order chi connectivity index (χ1) is 14.4. The molecule has 2 saturated heterocycles. The van der Waals surface area contributed by atoms with E-state index in [1.165, 1.54) is 30.5 Å². The van der Waals surface area contributed by atoms with Crippen molar-refractivity contribution in [3.63, 3.8) is 0 Å². The number of hydrogen-bond acceptors (Lipinski definition) is 4. The number of piperazine rings is 1. The summed E-state index contributed by atoms with van der Waals surface area (Å²) in [5.74, 6) is 0. The highest BCUT2D eigenvalue weighted by Gasteiger charge is 2.32. The van der Waals surface area contributed by atoms with Crippen molar-refractivity contribution in [3.8, 4) is 0 Å². The second-order valence-corrected chi connectivity index (χ2v) is 8.31. The summed E-state index contributed by atoms with van der Waals surface area (Å²) in [7, 11) is 0. The molecule has 2 aliphatic rings. The molecule has 3 heterocycles. The number of aromatic nitrogens is 2. The summed E-state index contributed by atoms with van der Waals surface area (Å²) >= 11 is 0. The van der Waals surface area contributed by atoms with Crippen molar-refractivity contribution in [3.05, 3.63) is 47.8 Å². The van der Waals surface area contributed by atoms with Crippen LogP contribution in [0.4, 0.5) is 18.9 Å². The van der Waals surface area contributed by atoms with Crippen LogP contribution in [-0.4, -0.2) is 64.9 Å². The highest BCUT2D eigenvalue weighted by atomic mass is 19.4. The van der Waals surface area contributed by atoms with Gasteiger partial charge in [0.2, 0.25) is 0 Å². The Kier molecular flexibility index (Phi) is 6.34. The summed E-state index contributed by atoms with van der Waals surface area (Å²) in [5.41, 5.74) is 1.35. The number of halogens is 3. The number of likely N-dealkylation sites (tertiary alicyclic amines) is 1. The van der Waals surface area contributed by atoms with Crippen LogP contribution in [0.25, 0.3) is 0 Å². The Morgan fingerprint density at radius 2 is 1.90 bits per heavy atom. The van der Waals surface area contributed by atoms with Gasteiger partial charge in [0.15, 0.2) is 0 Å². The predicted molar refractivity (Wildman–Crippen MR) is 111 cm³/mol. The van der Waals surface area contributed by atoms with E-state index >= 15 is 0 Å². The van der Waals surface area contributed by atoms with E-state index in [2.05, 4.69) is 32.9 Å². The van der Waals surface area contributed by atoms with E-state index in [1.807, 2.05) is 10.9 Å². The van der Waals surface area contributed by atoms with Crippen LogP contribution in [0, 0.1) is 0 Å². The molecule has 4 rings (SSSR count). The van der Waals surface area contributed by atoms with Gasteiger partial charge in [-0.3, -0.25) is 14.5 Å². The summed E-state index contributed by atoms with van der Waals surface area (Å²) in [6.07, 6.45) is 2.16. The predicted octanol–water partition coefficient (Wildman–Crippen LogP) is 3.71. The molecule has 0 radical (unpaired) electrons. The van der Waals surface area contributed by atoms with E-state index in [1.54, 1.807) is 6.07 Å². The molecule has 1 aromatic carbocycles. The van der Waals surface area contributed by atoms with Gasteiger partial charge in [0.05, 0.1) is 11.8 Å². The minimum absolute atomic E-state index is 0.517. The Bertz CT molecular complexity index is 826. The summed E-state index contributed by atoms with van der Waals surface area (Å²) in [6, 6.07) is 6.21. The van der Waals surface area contributed by atoms with Crippen LogP contribution in [0.15, 0.2) is 36.7 Å². The van der Waals surface area contributed by atoms with Gasteiger partial charge in [-0.2, -0.15) is 18.3 Å². The number of aryl methyl sites for hydroxylation is 1. The van der Waals surface area contributed by atoms with Crippen molar-refractivity contribution in [2.24, 2.45) is 0 Å². The molecular weight excluding hydrogens is 391 g/mol. The summed E-state index contributed by atoms with van der Waals surface area (Å²) in [4.78, 5) is 7.10. The van der Waals surface area contributed by atoms with Crippen LogP contribution >= 0.6 is 0 Å². The quantitative estimate of drug-likeness (QED) is 0.736. The van der Waals surface area contributed by atoms with Crippen LogP contribution in [0.1, 0.15) is 30.9 Å². The second kappa shape index (κ2) is 8.98. The number of hydrogen-bond donors (Lipinski definition) is 0. The lowest BCUT2D eigenvalue weighted by atomic mass is 10.0. The van der Waals surface area contributed by atoms with E-state index in [-0.39, 0.29) is 0 Å². The molecule has 0 amide bonds. The third kappa shape index (κ3) is 4.98. The summed E-state index contributed by atoms with van der Waals surface area (Å²) < 4.78 is 41.0. The fourth-order valence-corrected chi connectivity index (χ4v) is 4.62. The highest BCUT2D eigenvalue weighted by Crippen LogP contribution is 2.32. The Balaban J connectivity index is 1.31. The molecule has 5 nitrogen and oxygen atoms in total. The zero-order valence-corrected chi connectivity index (χ0v) is 17.5. The molecule has 2 aromatic rings. The average molecular weight is 422 g/mol. The number of benzene rings is 1. The molecular formula is C22H30F3N5. The molecule has 164 valence electrons. The molecule has 1 aromatic heterocycles. The normalized spacial score (nSPS) is 21.9. The molecule has 0 bridgehead atoms. The zero-order valence-electron chi connectivity index (χ0n) is 17.5. The van der Waals surface area contributed by atoms with Gasteiger partial charge in [0.25, 0.3) is 0 Å². The van der Waals surface area contributed by atoms with Crippen LogP contribution in [-0.2, 0) is 19.3 Å². The molecule has 2 aliphatic heterocycles. The summed E-state index contributed by atoms with van der Waals surface area (Å²) in [6.45, 7) is 9.37. The minimum atomic E-state index is -4.29. The lowest BCUT2D eigenvalue weighted by molar-refractivity contribution is -0.137. The first-order valence-electron chi connectivity index (χ1n) is 10.8. The van der Waals surface area contributed by atoms with Gasteiger partial charge in [-0.15, -0.1) is 0 Å². The third-order valence-corrected chi connectivity index (χ3v) is 6.27. The van der Waals surface area contributed by atoms with Gasteiger partial charge in [-0.05, 0) is 44.5 Å². The fourth-order valence-electron chi connectivity index (χ4n) is 4.62. The van der Waals surface area contributed by atoms with Gasteiger partial charge in [-0.25, -0.2) is 0 Å². The van der Waals surface area contributed by atoms with Crippen LogP contribution in [0.5, 0.6) is 0 Å². The molecule has 0 spiro atoms. The standard InChI is InChI=1S/C22H30F3N5/c1-2-30-16-18(14-26-30)15-27-8-4-7-21(17-27)29-11-9-28(10-12-29)20-6-3-5-19(13-20)22(23,24)25/h3,5-6,13-14,16,21H,2,4,7-12,15,17H2,1H3/t21-/m0/s1. The van der Waals surface area contributed by atoms with Gasteiger partial charge in [0.1, 0.15) is 0 Å². The number of rotatable bonds is 5. The lowest BCUT2D eigenvalue weighted by Gasteiger charge is -2.44. The molecule has 30 heavy (non-hydrogen) atoms. The smallest absolute Gasteiger partial charge is 0.369 e. The molecule has 0 N–H and O–H groups in total. The lowest BCUT2D eigenvalue weighted by Crippen LogP contribution is -2.55. The fraction of sp³-hybridized carbons (Fsp3) is 0.591. The number of alkyl halides is 3. The average Bonchev–Trinajstić information content (AvgIpc) is 3.21. The number of anilines is 1. The first-order valence-corrected chi connectivity index (χ1v) is 10.8. The first kappa shape index (κ1) is 21.2. The molecule has 1 atom stereocenters. The molecule has 8 heteroatoms. The molecule has 0 unspecified atom stereocenters. The van der Waals surface area contributed by atoms with Crippen molar-refractivity contribution in [1.82, 2.24) is 19.6 Å². The van der Waals surface area contributed by atoms with Crippen LogP contribution in [0.2, 0.25) is 0 Å². The topological polar surface area (TPSA) is 27.5 Å². The maximum atomic E-state index is 13.0. The van der Waals surface area contributed by atoms with Crippen molar-refractivity contribution < 1.29 is 13.2 Å². The monoisotopic (exact) mass is 421 g/mol. The highest BCUT2D eigenvalue weighted by molar-refractivity contribution is 5.49. The Morgan fingerprint density at radius 3 is 2.60 bits per heavy atom. The van der Waals surface area contributed by atoms with Gasteiger partial charge >= 0.3 is 6.18 Å². The van der Waals surface area contributed by atoms with E-state index in [9.17, 15) is 13.2 Å². The van der Waals surface area contributed by atoms with Crippen molar-refractivity contribution in [2.45, 2.75) is 45.1 Å². The maximum Gasteiger partial charge on any atom is 0.416 e. The summed E-state index contributed by atoms with van der Waals surface area (Å²) in [5, 5.41) is 4.37. The SMILES string of the molecule is CCn1cc(CN2CCC[C@H](N3CCN(c4cccc(C(F)(F)F)c4)CC3)C2)cn1. The Morgan fingerprint density at radius 1 is 1.10 bits per heavy atom. The van der Waals surface area contributed by atoms with Crippen molar-refractivity contribution in [1.29, 1.82) is 0 Å². The van der Waals surface area contributed by atoms with E-state index in [0.717, 1.165) is 58.4 Å². The molecule has 0 saturated carbocycles. The molecule has 2 fully saturated rings. The Labute approximate surface area is 176 Å². The van der Waals surface area contributed by atoms with E-state index in [4.69, 9.17) is 0 Å². The zero-order chi connectivity index (χ0) is 21.1. The van der Waals surface area contributed by atoms with Crippen molar-refractivity contribution >= 4 is 5.69 Å². The minimum Gasteiger partial charge on any atom is -0.369 e. The third-order valence-electron chi connectivity index (χ3n) is 6.27. The van der Waals surface area contributed by atoms with Crippen molar-refractivity contribution in [2.75, 3.05) is 44.2 Å². The van der Waals surface area contributed by atoms with Crippen LogP contribution in [0.3, 0.4) is 0 Å². The largest absolute Gasteiger partial charge is 0.416 e. The number of piperidine rings is 1. The maximum absolute atomic E-state index is 13.0. The van der Waals surface area contributed by atoms with Gasteiger partial charge < -0.3 is 4.90 Å². The van der Waals surface area contributed by atoms with E-state index < -0.39 is 11.7 Å². The van der Waals surface area contributed by atoms with Gasteiger partial charge in [0, 0.05) is 69.3 Å². The molecule has 0 aliphatic carbocycles. The van der Waals surface area contributed by atoms with E-state index in [0.29, 0.717) is 11.7 Å². The second-order valence-electron chi connectivity index (χ2n) is 8.31. The van der Waals surface area contributed by atoms with Gasteiger partial charge in [-0.1, -0.05) is 6.07 Å². The Hall–Kier alpha value is -2.06.